The molecule has 0 amide bonds. The molecule has 0 N–H and O–H groups in total. The van der Waals surface area contributed by atoms with Crippen molar-refractivity contribution in [1.29, 1.82) is 0 Å². The standard InChI is InChI=1S/C17H37BrN.BrH/c1-4-5-6-7-8-9-10-11-12-13-14-15-16-19(2,3)17-18;/h4-17H2,1-3H3;1H/q+1;/p-1. The molecule has 0 aliphatic rings. The number of halogens is 2. The number of quaternary nitrogens is 1. The number of alkyl halides is 1. The SMILES string of the molecule is CCCCCCCCCCCCCC[N+](C)(C)CBr.[Br-]. The quantitative estimate of drug-likeness (QED) is 0.177. The van der Waals surface area contributed by atoms with Gasteiger partial charge in [0.05, 0.1) is 20.6 Å². The fraction of sp³-hybridized carbons (Fsp3) is 1.00. The average molecular weight is 415 g/mol. The van der Waals surface area contributed by atoms with E-state index in [-0.39, 0.29) is 17.0 Å². The summed E-state index contributed by atoms with van der Waals surface area (Å²) in [7, 11) is 4.60. The highest BCUT2D eigenvalue weighted by Gasteiger charge is 2.10. The highest BCUT2D eigenvalue weighted by molar-refractivity contribution is 9.09. The van der Waals surface area contributed by atoms with Crippen molar-refractivity contribution in [3.05, 3.63) is 0 Å². The number of hydrogen-bond acceptors (Lipinski definition) is 0. The summed E-state index contributed by atoms with van der Waals surface area (Å²) in [5.41, 5.74) is 1.07. The molecule has 0 heterocycles. The Kier molecular flexibility index (Phi) is 18.9. The first kappa shape index (κ1) is 23.2. The van der Waals surface area contributed by atoms with E-state index in [1.807, 2.05) is 0 Å². The molecule has 0 aromatic rings. The third kappa shape index (κ3) is 17.0. The Hall–Kier alpha value is 0.920. The molecule has 0 aliphatic heterocycles. The first-order valence-electron chi connectivity index (χ1n) is 8.50. The maximum atomic E-state index is 3.58. The van der Waals surface area contributed by atoms with Gasteiger partial charge in [-0.1, -0.05) is 71.1 Å². The van der Waals surface area contributed by atoms with Crippen molar-refractivity contribution in [3.63, 3.8) is 0 Å². The molecule has 1 nitrogen and oxygen atoms in total. The Bertz CT molecular complexity index is 184. The smallest absolute Gasteiger partial charge is 0.133 e. The van der Waals surface area contributed by atoms with Gasteiger partial charge in [0, 0.05) is 0 Å². The predicted octanol–water partition coefficient (Wildman–Crippen LogP) is 3.12. The summed E-state index contributed by atoms with van der Waals surface area (Å²) in [5, 5.41) is 0. The van der Waals surface area contributed by atoms with Crippen molar-refractivity contribution >= 4 is 15.9 Å². The minimum absolute atomic E-state index is 0. The van der Waals surface area contributed by atoms with Crippen molar-refractivity contribution < 1.29 is 21.5 Å². The molecule has 0 atom stereocenters. The summed E-state index contributed by atoms with van der Waals surface area (Å²) in [6, 6.07) is 0. The van der Waals surface area contributed by atoms with Crippen LogP contribution in [0.15, 0.2) is 0 Å². The highest BCUT2D eigenvalue weighted by Crippen LogP contribution is 2.12. The minimum Gasteiger partial charge on any atom is -1.00 e. The van der Waals surface area contributed by atoms with E-state index in [4.69, 9.17) is 0 Å². The molecule has 0 unspecified atom stereocenters. The number of unbranched alkanes of at least 4 members (excludes halogenated alkanes) is 11. The molecule has 0 saturated carbocycles. The van der Waals surface area contributed by atoms with E-state index in [1.54, 1.807) is 0 Å². The van der Waals surface area contributed by atoms with Crippen molar-refractivity contribution in [1.82, 2.24) is 0 Å². The lowest BCUT2D eigenvalue weighted by molar-refractivity contribution is -0.876. The topological polar surface area (TPSA) is 0 Å². The molecular formula is C17H37Br2N. The van der Waals surface area contributed by atoms with Gasteiger partial charge in [-0.3, -0.25) is 0 Å². The Morgan fingerprint density at radius 2 is 1.00 bits per heavy atom. The van der Waals surface area contributed by atoms with Crippen molar-refractivity contribution in [3.8, 4) is 0 Å². The Morgan fingerprint density at radius 3 is 1.35 bits per heavy atom. The Balaban J connectivity index is 0. The monoisotopic (exact) mass is 413 g/mol. The first-order chi connectivity index (χ1) is 9.12. The first-order valence-corrected chi connectivity index (χ1v) is 9.62. The molecule has 0 aromatic carbocycles. The van der Waals surface area contributed by atoms with E-state index >= 15 is 0 Å². The van der Waals surface area contributed by atoms with Gasteiger partial charge in [0.2, 0.25) is 0 Å². The van der Waals surface area contributed by atoms with Crippen LogP contribution in [0.2, 0.25) is 0 Å². The molecular weight excluding hydrogens is 378 g/mol. The predicted molar refractivity (Wildman–Crippen MR) is 91.8 cm³/mol. The molecule has 0 rings (SSSR count). The lowest BCUT2D eigenvalue weighted by Gasteiger charge is -2.26. The zero-order valence-electron chi connectivity index (χ0n) is 14.1. The van der Waals surface area contributed by atoms with Crippen LogP contribution in [-0.2, 0) is 0 Å². The fourth-order valence-electron chi connectivity index (χ4n) is 2.44. The van der Waals surface area contributed by atoms with Crippen LogP contribution in [0.3, 0.4) is 0 Å². The third-order valence-electron chi connectivity index (χ3n) is 3.94. The van der Waals surface area contributed by atoms with Crippen molar-refractivity contribution in [2.45, 2.75) is 84.0 Å². The lowest BCUT2D eigenvalue weighted by Crippen LogP contribution is -3.00. The maximum Gasteiger partial charge on any atom is 0.133 e. The van der Waals surface area contributed by atoms with Crippen LogP contribution >= 0.6 is 15.9 Å². The Morgan fingerprint density at radius 1 is 0.650 bits per heavy atom. The molecule has 0 radical (unpaired) electrons. The Labute approximate surface area is 147 Å². The largest absolute Gasteiger partial charge is 1.00 e. The van der Waals surface area contributed by atoms with Crippen LogP contribution in [-0.4, -0.2) is 30.6 Å². The van der Waals surface area contributed by atoms with Gasteiger partial charge in [0.15, 0.2) is 0 Å². The van der Waals surface area contributed by atoms with Crippen molar-refractivity contribution in [2.24, 2.45) is 0 Å². The molecule has 20 heavy (non-hydrogen) atoms. The maximum absolute atomic E-state index is 3.58. The summed E-state index contributed by atoms with van der Waals surface area (Å²) >= 11 is 3.58. The van der Waals surface area contributed by atoms with E-state index in [0.29, 0.717) is 0 Å². The molecule has 0 aromatic heterocycles. The van der Waals surface area contributed by atoms with E-state index in [0.717, 1.165) is 9.94 Å². The van der Waals surface area contributed by atoms with Crippen LogP contribution in [0.4, 0.5) is 0 Å². The summed E-state index contributed by atoms with van der Waals surface area (Å²) < 4.78 is 1.11. The molecule has 0 spiro atoms. The second-order valence-corrected chi connectivity index (χ2v) is 7.17. The van der Waals surface area contributed by atoms with Crippen LogP contribution in [0, 0.1) is 0 Å². The summed E-state index contributed by atoms with van der Waals surface area (Å²) in [6.45, 7) is 3.60. The molecule has 0 aliphatic carbocycles. The molecule has 0 fully saturated rings. The molecule has 0 bridgehead atoms. The summed E-state index contributed by atoms with van der Waals surface area (Å²) in [5.74, 6) is 0. The summed E-state index contributed by atoms with van der Waals surface area (Å²) in [6.07, 6.45) is 17.3. The highest BCUT2D eigenvalue weighted by atomic mass is 79.9. The van der Waals surface area contributed by atoms with Gasteiger partial charge in [-0.05, 0) is 28.8 Å². The van der Waals surface area contributed by atoms with E-state index < -0.39 is 0 Å². The average Bonchev–Trinajstić information content (AvgIpc) is 2.40. The van der Waals surface area contributed by atoms with Crippen molar-refractivity contribution in [2.75, 3.05) is 26.1 Å². The van der Waals surface area contributed by atoms with Gasteiger partial charge in [-0.25, -0.2) is 0 Å². The van der Waals surface area contributed by atoms with Crippen LogP contribution in [0.25, 0.3) is 0 Å². The van der Waals surface area contributed by atoms with E-state index in [1.165, 1.54) is 83.6 Å². The summed E-state index contributed by atoms with van der Waals surface area (Å²) in [4.78, 5) is 0. The number of hydrogen-bond donors (Lipinski definition) is 0. The minimum atomic E-state index is 0. The molecule has 0 saturated heterocycles. The lowest BCUT2D eigenvalue weighted by atomic mass is 10.1. The zero-order chi connectivity index (χ0) is 14.4. The van der Waals surface area contributed by atoms with E-state index in [9.17, 15) is 0 Å². The van der Waals surface area contributed by atoms with Gasteiger partial charge < -0.3 is 21.5 Å². The second-order valence-electron chi connectivity index (χ2n) is 6.67. The number of rotatable bonds is 14. The molecule has 3 heteroatoms. The molecule has 124 valence electrons. The number of nitrogens with zero attached hydrogens (tertiary/aromatic N) is 1. The van der Waals surface area contributed by atoms with Gasteiger partial charge in [0.1, 0.15) is 5.45 Å². The van der Waals surface area contributed by atoms with E-state index in [2.05, 4.69) is 36.9 Å². The normalized spacial score (nSPS) is 11.4. The second kappa shape index (κ2) is 16.3. The van der Waals surface area contributed by atoms with Gasteiger partial charge in [-0.15, -0.1) is 0 Å². The fourth-order valence-corrected chi connectivity index (χ4v) is 2.69. The van der Waals surface area contributed by atoms with Crippen LogP contribution in [0.5, 0.6) is 0 Å². The van der Waals surface area contributed by atoms with Gasteiger partial charge >= 0.3 is 0 Å². The van der Waals surface area contributed by atoms with Crippen LogP contribution < -0.4 is 17.0 Å². The zero-order valence-corrected chi connectivity index (χ0v) is 17.3. The van der Waals surface area contributed by atoms with Gasteiger partial charge in [0.25, 0.3) is 0 Å². The third-order valence-corrected chi connectivity index (χ3v) is 5.30. The van der Waals surface area contributed by atoms with Crippen LogP contribution in [0.1, 0.15) is 84.0 Å². The van der Waals surface area contributed by atoms with Gasteiger partial charge in [-0.2, -0.15) is 0 Å².